The smallest absolute Gasteiger partial charge is 0.392 e. The summed E-state index contributed by atoms with van der Waals surface area (Å²) in [5.41, 5.74) is 1.00. The molecule has 20 heavy (non-hydrogen) atoms. The Hall–Kier alpha value is -2.01. The van der Waals surface area contributed by atoms with Gasteiger partial charge in [0.15, 0.2) is 0 Å². The van der Waals surface area contributed by atoms with Crippen molar-refractivity contribution >= 4 is 5.69 Å². The second-order valence-corrected chi connectivity index (χ2v) is 4.37. The number of aliphatic hydroxyl groups is 1. The predicted octanol–water partition coefficient (Wildman–Crippen LogP) is 3.81. The van der Waals surface area contributed by atoms with Crippen LogP contribution in [0, 0.1) is 0 Å². The molecule has 0 fully saturated rings. The first-order chi connectivity index (χ1) is 9.50. The van der Waals surface area contributed by atoms with Crippen LogP contribution in [-0.4, -0.2) is 5.11 Å². The number of para-hydroxylation sites is 1. The number of alkyl halides is 3. The van der Waals surface area contributed by atoms with Crippen LogP contribution in [0.15, 0.2) is 48.5 Å². The summed E-state index contributed by atoms with van der Waals surface area (Å²) in [5, 5.41) is 11.7. The second-order valence-electron chi connectivity index (χ2n) is 4.37. The maximum absolute atomic E-state index is 12.8. The van der Waals surface area contributed by atoms with Gasteiger partial charge in [0, 0.05) is 12.2 Å². The maximum Gasteiger partial charge on any atom is 0.418 e. The molecular weight excluding hydrogens is 267 g/mol. The summed E-state index contributed by atoms with van der Waals surface area (Å²) in [6.07, 6.45) is -4.37. The Bertz CT molecular complexity index is 564. The molecule has 0 atom stereocenters. The molecule has 0 saturated heterocycles. The summed E-state index contributed by atoms with van der Waals surface area (Å²) in [4.78, 5) is 0. The third-order valence-electron chi connectivity index (χ3n) is 2.92. The van der Waals surface area contributed by atoms with E-state index in [0.29, 0.717) is 6.54 Å². The summed E-state index contributed by atoms with van der Waals surface area (Å²) in [5.74, 6) is 0. The van der Waals surface area contributed by atoms with Gasteiger partial charge in [-0.1, -0.05) is 36.4 Å². The van der Waals surface area contributed by atoms with Crippen LogP contribution in [0.2, 0.25) is 0 Å². The van der Waals surface area contributed by atoms with Crippen molar-refractivity contribution in [2.75, 3.05) is 5.32 Å². The highest BCUT2D eigenvalue weighted by Crippen LogP contribution is 2.34. The topological polar surface area (TPSA) is 32.3 Å². The molecule has 2 N–H and O–H groups in total. The van der Waals surface area contributed by atoms with Crippen LogP contribution in [0.5, 0.6) is 0 Å². The van der Waals surface area contributed by atoms with Crippen molar-refractivity contribution in [2.45, 2.75) is 19.3 Å². The van der Waals surface area contributed by atoms with Crippen molar-refractivity contribution in [3.63, 3.8) is 0 Å². The number of aliphatic hydroxyl groups excluding tert-OH is 1. The van der Waals surface area contributed by atoms with Gasteiger partial charge in [-0.05, 0) is 23.3 Å². The van der Waals surface area contributed by atoms with Crippen LogP contribution in [0.1, 0.15) is 16.7 Å². The molecule has 0 aliphatic rings. The molecule has 0 amide bonds. The molecular formula is C15H14F3NO. The molecule has 2 aromatic rings. The average Bonchev–Trinajstić information content (AvgIpc) is 2.45. The van der Waals surface area contributed by atoms with E-state index in [4.69, 9.17) is 5.11 Å². The predicted molar refractivity (Wildman–Crippen MR) is 71.1 cm³/mol. The highest BCUT2D eigenvalue weighted by Gasteiger charge is 2.32. The third-order valence-corrected chi connectivity index (χ3v) is 2.92. The molecule has 2 rings (SSSR count). The molecule has 0 saturated carbocycles. The van der Waals surface area contributed by atoms with E-state index >= 15 is 0 Å². The van der Waals surface area contributed by atoms with E-state index in [1.807, 2.05) is 0 Å². The van der Waals surface area contributed by atoms with E-state index in [1.54, 1.807) is 30.3 Å². The fourth-order valence-corrected chi connectivity index (χ4v) is 1.84. The molecule has 0 heterocycles. The maximum atomic E-state index is 12.8. The van der Waals surface area contributed by atoms with Gasteiger partial charge >= 0.3 is 6.18 Å². The zero-order valence-electron chi connectivity index (χ0n) is 10.6. The SMILES string of the molecule is OCc1ccc(CNc2ccccc2C(F)(F)F)cc1. The van der Waals surface area contributed by atoms with E-state index in [1.165, 1.54) is 12.1 Å². The lowest BCUT2D eigenvalue weighted by Crippen LogP contribution is -2.10. The van der Waals surface area contributed by atoms with Gasteiger partial charge in [0.2, 0.25) is 0 Å². The molecule has 0 aliphatic heterocycles. The summed E-state index contributed by atoms with van der Waals surface area (Å²) in [7, 11) is 0. The first kappa shape index (κ1) is 14.4. The Labute approximate surface area is 114 Å². The van der Waals surface area contributed by atoms with Gasteiger partial charge in [0.05, 0.1) is 12.2 Å². The molecule has 0 aliphatic carbocycles. The summed E-state index contributed by atoms with van der Waals surface area (Å²) in [6.45, 7) is 0.240. The van der Waals surface area contributed by atoms with Gasteiger partial charge in [-0.3, -0.25) is 0 Å². The van der Waals surface area contributed by atoms with Crippen molar-refractivity contribution in [3.05, 3.63) is 65.2 Å². The van der Waals surface area contributed by atoms with Gasteiger partial charge in [-0.15, -0.1) is 0 Å². The van der Waals surface area contributed by atoms with Crippen molar-refractivity contribution < 1.29 is 18.3 Å². The summed E-state index contributed by atoms with van der Waals surface area (Å²) in [6, 6.07) is 12.4. The Morgan fingerprint density at radius 1 is 0.900 bits per heavy atom. The standard InChI is InChI=1S/C15H14F3NO/c16-15(17,18)13-3-1-2-4-14(13)19-9-11-5-7-12(10-20)8-6-11/h1-8,19-20H,9-10H2. The van der Waals surface area contributed by atoms with Crippen LogP contribution >= 0.6 is 0 Å². The van der Waals surface area contributed by atoms with E-state index in [-0.39, 0.29) is 12.3 Å². The lowest BCUT2D eigenvalue weighted by atomic mass is 10.1. The molecule has 2 aromatic carbocycles. The lowest BCUT2D eigenvalue weighted by Gasteiger charge is -2.14. The number of hydrogen-bond acceptors (Lipinski definition) is 2. The summed E-state index contributed by atoms with van der Waals surface area (Å²) < 4.78 is 38.4. The molecule has 0 radical (unpaired) electrons. The van der Waals surface area contributed by atoms with E-state index in [9.17, 15) is 13.2 Å². The first-order valence-corrected chi connectivity index (χ1v) is 6.09. The Morgan fingerprint density at radius 2 is 1.50 bits per heavy atom. The fourth-order valence-electron chi connectivity index (χ4n) is 1.84. The summed E-state index contributed by atoms with van der Waals surface area (Å²) >= 11 is 0. The van der Waals surface area contributed by atoms with Crippen molar-refractivity contribution in [1.82, 2.24) is 0 Å². The molecule has 0 bridgehead atoms. The molecule has 2 nitrogen and oxygen atoms in total. The van der Waals surface area contributed by atoms with Crippen molar-refractivity contribution in [1.29, 1.82) is 0 Å². The van der Waals surface area contributed by atoms with Crippen LogP contribution in [-0.2, 0) is 19.3 Å². The van der Waals surface area contributed by atoms with Gasteiger partial charge in [-0.25, -0.2) is 0 Å². The third kappa shape index (κ3) is 3.51. The average molecular weight is 281 g/mol. The Morgan fingerprint density at radius 3 is 2.10 bits per heavy atom. The molecule has 5 heteroatoms. The lowest BCUT2D eigenvalue weighted by molar-refractivity contribution is -0.136. The Kier molecular flexibility index (Phi) is 4.29. The fraction of sp³-hybridized carbons (Fsp3) is 0.200. The molecule has 0 unspecified atom stereocenters. The largest absolute Gasteiger partial charge is 0.418 e. The minimum absolute atomic E-state index is 0.0510. The highest BCUT2D eigenvalue weighted by atomic mass is 19.4. The molecule has 106 valence electrons. The van der Waals surface area contributed by atoms with E-state index < -0.39 is 11.7 Å². The minimum atomic E-state index is -4.37. The number of hydrogen-bond donors (Lipinski definition) is 2. The van der Waals surface area contributed by atoms with Gasteiger partial charge in [0.25, 0.3) is 0 Å². The molecule has 0 spiro atoms. The minimum Gasteiger partial charge on any atom is -0.392 e. The van der Waals surface area contributed by atoms with Gasteiger partial charge < -0.3 is 10.4 Å². The second kappa shape index (κ2) is 5.96. The Balaban J connectivity index is 2.10. The zero-order chi connectivity index (χ0) is 14.6. The van der Waals surface area contributed by atoms with Gasteiger partial charge in [0.1, 0.15) is 0 Å². The number of halogens is 3. The van der Waals surface area contributed by atoms with Crippen LogP contribution in [0.3, 0.4) is 0 Å². The number of rotatable bonds is 4. The number of anilines is 1. The van der Waals surface area contributed by atoms with Crippen LogP contribution in [0.4, 0.5) is 18.9 Å². The monoisotopic (exact) mass is 281 g/mol. The van der Waals surface area contributed by atoms with E-state index in [2.05, 4.69) is 5.32 Å². The number of benzene rings is 2. The normalized spacial score (nSPS) is 11.4. The van der Waals surface area contributed by atoms with Crippen molar-refractivity contribution in [3.8, 4) is 0 Å². The van der Waals surface area contributed by atoms with Crippen molar-refractivity contribution in [2.24, 2.45) is 0 Å². The van der Waals surface area contributed by atoms with E-state index in [0.717, 1.165) is 17.2 Å². The highest BCUT2D eigenvalue weighted by molar-refractivity contribution is 5.52. The molecule has 0 aromatic heterocycles. The zero-order valence-corrected chi connectivity index (χ0v) is 10.6. The first-order valence-electron chi connectivity index (χ1n) is 6.09. The van der Waals surface area contributed by atoms with Crippen LogP contribution in [0.25, 0.3) is 0 Å². The number of nitrogens with one attached hydrogen (secondary N) is 1. The van der Waals surface area contributed by atoms with Gasteiger partial charge in [-0.2, -0.15) is 13.2 Å². The quantitative estimate of drug-likeness (QED) is 0.893. The van der Waals surface area contributed by atoms with Crippen LogP contribution < -0.4 is 5.32 Å².